The molecule has 7 aliphatic rings. The Hall–Kier alpha value is -1.25. The normalized spacial score (nSPS) is 58.3. The van der Waals surface area contributed by atoms with Gasteiger partial charge in [-0.05, 0) is 92.1 Å². The van der Waals surface area contributed by atoms with Crippen molar-refractivity contribution in [3.8, 4) is 0 Å². The van der Waals surface area contributed by atoms with Gasteiger partial charge in [0.05, 0.1) is 0 Å². The van der Waals surface area contributed by atoms with Crippen LogP contribution in [0.2, 0.25) is 0 Å². The van der Waals surface area contributed by atoms with Crippen LogP contribution in [0.1, 0.15) is 58.3 Å². The van der Waals surface area contributed by atoms with Gasteiger partial charge in [-0.1, -0.05) is 12.5 Å². The number of carbonyl (C=O) groups is 1. The molecule has 138 valence electrons. The number of nitrogens with two attached hydrogens (primary N) is 1. The van der Waals surface area contributed by atoms with Crippen molar-refractivity contribution in [3.63, 3.8) is 0 Å². The van der Waals surface area contributed by atoms with Gasteiger partial charge in [0.25, 0.3) is 0 Å². The Labute approximate surface area is 155 Å². The topological polar surface area (TPSA) is 52.3 Å². The van der Waals surface area contributed by atoms with Crippen LogP contribution in [0.3, 0.4) is 0 Å². The number of carbonyl (C=O) groups excluding carboxylic acids is 1. The first-order valence-electron chi connectivity index (χ1n) is 10.9. The van der Waals surface area contributed by atoms with E-state index in [1.807, 2.05) is 0 Å². The van der Waals surface area contributed by atoms with Crippen molar-refractivity contribution in [2.75, 3.05) is 0 Å². The first-order chi connectivity index (χ1) is 12.5. The van der Waals surface area contributed by atoms with E-state index in [0.29, 0.717) is 12.3 Å². The highest BCUT2D eigenvalue weighted by atomic mass is 16.6. The van der Waals surface area contributed by atoms with Crippen LogP contribution in [-0.4, -0.2) is 11.6 Å². The third-order valence-electron chi connectivity index (χ3n) is 10.0. The summed E-state index contributed by atoms with van der Waals surface area (Å²) in [4.78, 5) is 12.1. The predicted molar refractivity (Wildman–Crippen MR) is 97.6 cm³/mol. The first kappa shape index (κ1) is 14.8. The van der Waals surface area contributed by atoms with Gasteiger partial charge in [-0.2, -0.15) is 0 Å². The van der Waals surface area contributed by atoms with E-state index in [1.165, 1.54) is 32.1 Å². The van der Waals surface area contributed by atoms with Crippen molar-refractivity contribution < 1.29 is 9.53 Å². The van der Waals surface area contributed by atoms with Crippen LogP contribution < -0.4 is 5.73 Å². The summed E-state index contributed by atoms with van der Waals surface area (Å²) in [6.45, 7) is 2.51. The molecule has 0 aromatic heterocycles. The largest absolute Gasteiger partial charge is 0.458 e. The van der Waals surface area contributed by atoms with Gasteiger partial charge in [-0.3, -0.25) is 4.79 Å². The average Bonchev–Trinajstić information content (AvgIpc) is 3.51. The minimum absolute atomic E-state index is 0.0745. The molecule has 5 fully saturated rings. The van der Waals surface area contributed by atoms with Gasteiger partial charge in [-0.25, -0.2) is 0 Å². The fourth-order valence-electron chi connectivity index (χ4n) is 9.07. The number of allylic oxidation sites excluding steroid dienone is 4. The Balaban J connectivity index is 1.33. The molecule has 1 spiro atoms. The van der Waals surface area contributed by atoms with Crippen molar-refractivity contribution in [2.45, 2.75) is 63.9 Å². The summed E-state index contributed by atoms with van der Waals surface area (Å²) >= 11 is 0. The van der Waals surface area contributed by atoms with E-state index in [-0.39, 0.29) is 17.0 Å². The highest BCUT2D eigenvalue weighted by Crippen LogP contribution is 2.80. The molecular formula is C23H29NO2. The zero-order valence-corrected chi connectivity index (χ0v) is 15.7. The number of rotatable bonds is 0. The Bertz CT molecular complexity index is 811. The zero-order valence-electron chi connectivity index (χ0n) is 15.7. The molecule has 0 amide bonds. The molecule has 1 heterocycles. The third-order valence-corrected chi connectivity index (χ3v) is 10.0. The molecular weight excluding hydrogens is 322 g/mol. The van der Waals surface area contributed by atoms with Crippen LogP contribution in [-0.2, 0) is 9.53 Å². The monoisotopic (exact) mass is 351 g/mol. The van der Waals surface area contributed by atoms with Gasteiger partial charge in [0.1, 0.15) is 5.60 Å². The molecule has 0 radical (unpaired) electrons. The van der Waals surface area contributed by atoms with E-state index in [9.17, 15) is 4.79 Å². The van der Waals surface area contributed by atoms with Crippen LogP contribution in [0, 0.1) is 46.8 Å². The number of esters is 1. The standard InChI is InChI=1S/C23H29NO2/c1-22-6-4-13-12-3-2-11(24)8-14(12)15-9-16(15)20(13)21(22)17-10-18(17)23(22)7-5-19(25)26-23/h8,13,15-18,20-21H,2-7,9-10,24H2,1H3/t13?,15?,16?,17?,18?,20?,21?,22-,23-/m0/s1. The number of fused-ring (bicyclic) bond motifs is 11. The van der Waals surface area contributed by atoms with Crippen LogP contribution >= 0.6 is 0 Å². The predicted octanol–water partition coefficient (Wildman–Crippen LogP) is 3.94. The fourth-order valence-corrected chi connectivity index (χ4v) is 9.07. The summed E-state index contributed by atoms with van der Waals surface area (Å²) < 4.78 is 6.21. The second-order valence-corrected chi connectivity index (χ2v) is 10.7. The molecule has 1 aliphatic heterocycles. The van der Waals surface area contributed by atoms with Crippen molar-refractivity contribution in [2.24, 2.45) is 52.6 Å². The molecule has 7 unspecified atom stereocenters. The van der Waals surface area contributed by atoms with E-state index >= 15 is 0 Å². The Kier molecular flexibility index (Phi) is 2.42. The summed E-state index contributed by atoms with van der Waals surface area (Å²) in [5, 5.41) is 0. The molecule has 3 nitrogen and oxygen atoms in total. The second-order valence-electron chi connectivity index (χ2n) is 10.7. The van der Waals surface area contributed by atoms with Gasteiger partial charge in [0, 0.05) is 23.5 Å². The molecule has 0 aromatic carbocycles. The fraction of sp³-hybridized carbons (Fsp3) is 0.783. The lowest BCUT2D eigenvalue weighted by Crippen LogP contribution is -2.54. The minimum atomic E-state index is -0.0969. The molecule has 2 N–H and O–H groups in total. The zero-order chi connectivity index (χ0) is 17.4. The highest BCUT2D eigenvalue weighted by Gasteiger charge is 2.79. The molecule has 3 heteroatoms. The molecule has 1 saturated heterocycles. The van der Waals surface area contributed by atoms with E-state index in [1.54, 1.807) is 11.1 Å². The quantitative estimate of drug-likeness (QED) is 0.673. The van der Waals surface area contributed by atoms with Gasteiger partial charge < -0.3 is 10.5 Å². The van der Waals surface area contributed by atoms with E-state index in [0.717, 1.165) is 54.0 Å². The average molecular weight is 351 g/mol. The lowest BCUT2D eigenvalue weighted by atomic mass is 9.50. The number of hydrogen-bond donors (Lipinski definition) is 1. The maximum atomic E-state index is 12.1. The molecule has 26 heavy (non-hydrogen) atoms. The van der Waals surface area contributed by atoms with Gasteiger partial charge >= 0.3 is 5.97 Å². The lowest BCUT2D eigenvalue weighted by Gasteiger charge is -2.55. The smallest absolute Gasteiger partial charge is 0.306 e. The van der Waals surface area contributed by atoms with Gasteiger partial charge in [-0.15, -0.1) is 0 Å². The van der Waals surface area contributed by atoms with Crippen molar-refractivity contribution >= 4 is 5.97 Å². The third kappa shape index (κ3) is 1.46. The summed E-state index contributed by atoms with van der Waals surface area (Å²) in [5.74, 6) is 5.73. The molecule has 7 rings (SSSR count). The van der Waals surface area contributed by atoms with Crippen LogP contribution in [0.15, 0.2) is 22.9 Å². The van der Waals surface area contributed by atoms with E-state index < -0.39 is 0 Å². The van der Waals surface area contributed by atoms with Crippen LogP contribution in [0.4, 0.5) is 0 Å². The lowest BCUT2D eigenvalue weighted by molar-refractivity contribution is -0.172. The highest BCUT2D eigenvalue weighted by molar-refractivity contribution is 5.73. The number of hydrogen-bond acceptors (Lipinski definition) is 3. The Morgan fingerprint density at radius 3 is 2.81 bits per heavy atom. The van der Waals surface area contributed by atoms with E-state index in [4.69, 9.17) is 10.5 Å². The minimum Gasteiger partial charge on any atom is -0.458 e. The van der Waals surface area contributed by atoms with Crippen LogP contribution in [0.5, 0.6) is 0 Å². The SMILES string of the molecule is C[C@]12CCC3C4=C(C=C(N)CC4)C4CC4C3C1C1CC1[C@@]21CCC(=O)O1. The molecule has 0 bridgehead atoms. The maximum absolute atomic E-state index is 12.1. The van der Waals surface area contributed by atoms with Gasteiger partial charge in [0.15, 0.2) is 0 Å². The molecule has 6 aliphatic carbocycles. The van der Waals surface area contributed by atoms with Crippen molar-refractivity contribution in [1.82, 2.24) is 0 Å². The first-order valence-corrected chi connectivity index (χ1v) is 10.9. The summed E-state index contributed by atoms with van der Waals surface area (Å²) in [7, 11) is 0. The maximum Gasteiger partial charge on any atom is 0.306 e. The molecule has 9 atom stereocenters. The van der Waals surface area contributed by atoms with E-state index in [2.05, 4.69) is 13.0 Å². The van der Waals surface area contributed by atoms with Crippen molar-refractivity contribution in [3.05, 3.63) is 22.9 Å². The van der Waals surface area contributed by atoms with Crippen molar-refractivity contribution in [1.29, 1.82) is 0 Å². The molecule has 0 aromatic rings. The summed E-state index contributed by atoms with van der Waals surface area (Å²) in [5.41, 5.74) is 10.9. The Morgan fingerprint density at radius 1 is 1.12 bits per heavy atom. The number of ether oxygens (including phenoxy) is 1. The summed E-state index contributed by atoms with van der Waals surface area (Å²) in [6.07, 6.45) is 11.6. The Morgan fingerprint density at radius 2 is 2.00 bits per heavy atom. The second kappa shape index (κ2) is 4.25. The van der Waals surface area contributed by atoms with Gasteiger partial charge in [0.2, 0.25) is 0 Å². The molecule has 4 saturated carbocycles. The van der Waals surface area contributed by atoms with Crippen LogP contribution in [0.25, 0.3) is 0 Å². The summed E-state index contributed by atoms with van der Waals surface area (Å²) in [6, 6.07) is 0.